The normalized spacial score (nSPS) is 12.2. The van der Waals surface area contributed by atoms with Gasteiger partial charge < -0.3 is 11.1 Å². The Balaban J connectivity index is 3.03. The standard InChI is InChI=1S/C14H23N3O3S/c1-9-6-11(15)12(7-10(9)2)21(19,20)17-8-14(3,4)13(18)16-5/h6-7,17H,8,15H2,1-5H3,(H,16,18). The van der Waals surface area contributed by atoms with Crippen molar-refractivity contribution in [3.63, 3.8) is 0 Å². The van der Waals surface area contributed by atoms with E-state index in [-0.39, 0.29) is 23.0 Å². The number of aryl methyl sites for hydroxylation is 2. The van der Waals surface area contributed by atoms with Gasteiger partial charge in [-0.15, -0.1) is 0 Å². The molecule has 0 radical (unpaired) electrons. The summed E-state index contributed by atoms with van der Waals surface area (Å²) in [7, 11) is -2.25. The molecule has 0 saturated heterocycles. The van der Waals surface area contributed by atoms with Gasteiger partial charge in [-0.2, -0.15) is 0 Å². The maximum absolute atomic E-state index is 12.4. The van der Waals surface area contributed by atoms with Gasteiger partial charge in [0.05, 0.1) is 11.1 Å². The Kier molecular flexibility index (Phi) is 5.01. The van der Waals surface area contributed by atoms with E-state index in [4.69, 9.17) is 5.73 Å². The highest BCUT2D eigenvalue weighted by Crippen LogP contribution is 2.23. The first-order valence-electron chi connectivity index (χ1n) is 6.60. The van der Waals surface area contributed by atoms with Crippen LogP contribution in [0.15, 0.2) is 17.0 Å². The molecule has 0 saturated carbocycles. The Labute approximate surface area is 126 Å². The highest BCUT2D eigenvalue weighted by Gasteiger charge is 2.29. The first-order valence-corrected chi connectivity index (χ1v) is 8.08. The lowest BCUT2D eigenvalue weighted by atomic mass is 9.93. The summed E-state index contributed by atoms with van der Waals surface area (Å²) >= 11 is 0. The number of nitrogens with one attached hydrogen (secondary N) is 2. The zero-order chi connectivity index (χ0) is 16.4. The average molecular weight is 313 g/mol. The van der Waals surface area contributed by atoms with Crippen LogP contribution in [0.25, 0.3) is 0 Å². The maximum atomic E-state index is 12.4. The lowest BCUT2D eigenvalue weighted by molar-refractivity contribution is -0.128. The van der Waals surface area contributed by atoms with Crippen molar-refractivity contribution in [3.8, 4) is 0 Å². The number of hydrogen-bond acceptors (Lipinski definition) is 4. The topological polar surface area (TPSA) is 101 Å². The average Bonchev–Trinajstić information content (AvgIpc) is 2.39. The molecule has 1 amide bonds. The van der Waals surface area contributed by atoms with Crippen molar-refractivity contribution in [2.24, 2.45) is 5.41 Å². The van der Waals surface area contributed by atoms with Crippen molar-refractivity contribution in [2.75, 3.05) is 19.3 Å². The molecule has 0 aromatic heterocycles. The number of nitrogen functional groups attached to an aromatic ring is 1. The second-order valence-corrected chi connectivity index (χ2v) is 7.50. The third kappa shape index (κ3) is 3.95. The SMILES string of the molecule is CNC(=O)C(C)(C)CNS(=O)(=O)c1cc(C)c(C)cc1N. The lowest BCUT2D eigenvalue weighted by Gasteiger charge is -2.23. The van der Waals surface area contributed by atoms with Crippen molar-refractivity contribution in [1.29, 1.82) is 0 Å². The predicted octanol–water partition coefficient (Wildman–Crippen LogP) is 0.936. The molecule has 0 aliphatic heterocycles. The van der Waals surface area contributed by atoms with Crippen LogP contribution in [0.5, 0.6) is 0 Å². The van der Waals surface area contributed by atoms with Gasteiger partial charge in [0.1, 0.15) is 4.90 Å². The van der Waals surface area contributed by atoms with Crippen LogP contribution in [-0.4, -0.2) is 27.9 Å². The monoisotopic (exact) mass is 313 g/mol. The van der Waals surface area contributed by atoms with E-state index in [1.54, 1.807) is 26.0 Å². The van der Waals surface area contributed by atoms with Crippen LogP contribution < -0.4 is 15.8 Å². The molecular weight excluding hydrogens is 290 g/mol. The summed E-state index contributed by atoms with van der Waals surface area (Å²) < 4.78 is 27.2. The molecule has 118 valence electrons. The van der Waals surface area contributed by atoms with Gasteiger partial charge in [-0.3, -0.25) is 4.79 Å². The van der Waals surface area contributed by atoms with E-state index in [1.165, 1.54) is 7.05 Å². The third-order valence-electron chi connectivity index (χ3n) is 3.46. The molecule has 0 bridgehead atoms. The largest absolute Gasteiger partial charge is 0.398 e. The van der Waals surface area contributed by atoms with Crippen molar-refractivity contribution in [1.82, 2.24) is 10.0 Å². The summed E-state index contributed by atoms with van der Waals surface area (Å²) in [4.78, 5) is 11.7. The number of amides is 1. The minimum Gasteiger partial charge on any atom is -0.398 e. The second kappa shape index (κ2) is 6.03. The number of hydrogen-bond donors (Lipinski definition) is 3. The molecule has 21 heavy (non-hydrogen) atoms. The molecule has 0 atom stereocenters. The molecule has 0 unspecified atom stereocenters. The van der Waals surface area contributed by atoms with Gasteiger partial charge in [-0.05, 0) is 51.0 Å². The molecule has 0 fully saturated rings. The van der Waals surface area contributed by atoms with Crippen molar-refractivity contribution < 1.29 is 13.2 Å². The van der Waals surface area contributed by atoms with Crippen LogP contribution in [-0.2, 0) is 14.8 Å². The first-order chi connectivity index (χ1) is 9.51. The van der Waals surface area contributed by atoms with Crippen LogP contribution in [0.3, 0.4) is 0 Å². The van der Waals surface area contributed by atoms with Crippen molar-refractivity contribution >= 4 is 21.6 Å². The van der Waals surface area contributed by atoms with Crippen molar-refractivity contribution in [2.45, 2.75) is 32.6 Å². The molecule has 0 heterocycles. The Hall–Kier alpha value is -1.60. The lowest BCUT2D eigenvalue weighted by Crippen LogP contribution is -2.43. The third-order valence-corrected chi connectivity index (χ3v) is 4.92. The van der Waals surface area contributed by atoms with Gasteiger partial charge in [-0.25, -0.2) is 13.1 Å². The Morgan fingerprint density at radius 3 is 2.29 bits per heavy atom. The van der Waals surface area contributed by atoms with E-state index in [0.717, 1.165) is 11.1 Å². The summed E-state index contributed by atoms with van der Waals surface area (Å²) in [6.07, 6.45) is 0. The quantitative estimate of drug-likeness (QED) is 0.704. The number of carbonyl (C=O) groups excluding carboxylic acids is 1. The highest BCUT2D eigenvalue weighted by molar-refractivity contribution is 7.89. The number of nitrogens with two attached hydrogens (primary N) is 1. The summed E-state index contributed by atoms with van der Waals surface area (Å²) in [5.74, 6) is -0.238. The summed E-state index contributed by atoms with van der Waals surface area (Å²) in [6, 6.07) is 3.17. The molecule has 0 aliphatic carbocycles. The van der Waals surface area contributed by atoms with E-state index < -0.39 is 15.4 Å². The smallest absolute Gasteiger partial charge is 0.242 e. The molecular formula is C14H23N3O3S. The van der Waals surface area contributed by atoms with E-state index in [2.05, 4.69) is 10.0 Å². The fourth-order valence-corrected chi connectivity index (χ4v) is 3.22. The molecule has 7 heteroatoms. The minimum absolute atomic E-state index is 0.0125. The van der Waals surface area contributed by atoms with Gasteiger partial charge in [0.15, 0.2) is 0 Å². The van der Waals surface area contributed by atoms with Crippen LogP contribution in [0.2, 0.25) is 0 Å². The van der Waals surface area contributed by atoms with Crippen LogP contribution in [0, 0.1) is 19.3 Å². The van der Waals surface area contributed by atoms with E-state index >= 15 is 0 Å². The van der Waals surface area contributed by atoms with E-state index in [0.29, 0.717) is 0 Å². The Bertz CT molecular complexity index is 652. The molecule has 1 rings (SSSR count). The Morgan fingerprint density at radius 2 is 1.76 bits per heavy atom. The second-order valence-electron chi connectivity index (χ2n) is 5.76. The van der Waals surface area contributed by atoms with Gasteiger partial charge in [-0.1, -0.05) is 0 Å². The van der Waals surface area contributed by atoms with Crippen LogP contribution in [0.4, 0.5) is 5.69 Å². The van der Waals surface area contributed by atoms with Crippen LogP contribution >= 0.6 is 0 Å². The van der Waals surface area contributed by atoms with Gasteiger partial charge in [0.25, 0.3) is 0 Å². The molecule has 1 aromatic carbocycles. The number of sulfonamides is 1. The number of carbonyl (C=O) groups is 1. The zero-order valence-corrected chi connectivity index (χ0v) is 13.9. The maximum Gasteiger partial charge on any atom is 0.242 e. The molecule has 6 nitrogen and oxygen atoms in total. The number of benzene rings is 1. The molecule has 0 spiro atoms. The zero-order valence-electron chi connectivity index (χ0n) is 13.1. The first kappa shape index (κ1) is 17.5. The van der Waals surface area contributed by atoms with Crippen LogP contribution in [0.1, 0.15) is 25.0 Å². The predicted molar refractivity (Wildman–Crippen MR) is 83.4 cm³/mol. The van der Waals surface area contributed by atoms with E-state index in [1.807, 2.05) is 13.8 Å². The van der Waals surface area contributed by atoms with Gasteiger partial charge >= 0.3 is 0 Å². The highest BCUT2D eigenvalue weighted by atomic mass is 32.2. The summed E-state index contributed by atoms with van der Waals surface area (Å²) in [5, 5.41) is 2.51. The fraction of sp³-hybridized carbons (Fsp3) is 0.500. The fourth-order valence-electron chi connectivity index (χ4n) is 1.82. The van der Waals surface area contributed by atoms with Gasteiger partial charge in [0.2, 0.25) is 15.9 Å². The Morgan fingerprint density at radius 1 is 1.24 bits per heavy atom. The summed E-state index contributed by atoms with van der Waals surface area (Å²) in [6.45, 7) is 7.00. The number of rotatable bonds is 5. The molecule has 1 aromatic rings. The van der Waals surface area contributed by atoms with Crippen molar-refractivity contribution in [3.05, 3.63) is 23.3 Å². The van der Waals surface area contributed by atoms with Gasteiger partial charge in [0, 0.05) is 13.6 Å². The van der Waals surface area contributed by atoms with E-state index in [9.17, 15) is 13.2 Å². The number of anilines is 1. The molecule has 0 aliphatic rings. The minimum atomic E-state index is -3.76. The summed E-state index contributed by atoms with van der Waals surface area (Å²) in [5.41, 5.74) is 6.92. The molecule has 4 N–H and O–H groups in total.